The highest BCUT2D eigenvalue weighted by Gasteiger charge is 2.52. The number of carbonyl (C=O) groups is 5. The predicted octanol–water partition coefficient (Wildman–Crippen LogP) is 6.86. The predicted molar refractivity (Wildman–Crippen MR) is 216 cm³/mol. The Labute approximate surface area is 347 Å². The van der Waals surface area contributed by atoms with Crippen LogP contribution in [0.25, 0.3) is 10.2 Å². The van der Waals surface area contributed by atoms with Crippen LogP contribution in [-0.4, -0.2) is 88.6 Å². The number of ether oxygens (including phenoxy) is 1. The molecule has 2 saturated carbocycles. The molecule has 13 nitrogen and oxygen atoms in total. The molecule has 314 valence electrons. The van der Waals surface area contributed by atoms with Gasteiger partial charge in [0.2, 0.25) is 11.8 Å². The number of pyridine rings is 1. The monoisotopic (exact) mass is 843 g/mol. The van der Waals surface area contributed by atoms with E-state index < -0.39 is 47.4 Å². The van der Waals surface area contributed by atoms with Crippen LogP contribution in [0, 0.1) is 17.3 Å². The highest BCUT2D eigenvalue weighted by molar-refractivity contribution is 7.18. The van der Waals surface area contributed by atoms with E-state index in [0.29, 0.717) is 46.8 Å². The topological polar surface area (TPSA) is 163 Å². The zero-order chi connectivity index (χ0) is 41.9. The van der Waals surface area contributed by atoms with Crippen LogP contribution in [0.15, 0.2) is 48.5 Å². The Morgan fingerprint density at radius 3 is 2.45 bits per heavy atom. The summed E-state index contributed by atoms with van der Waals surface area (Å²) in [6, 6.07) is 10.9. The van der Waals surface area contributed by atoms with E-state index in [1.54, 1.807) is 41.7 Å². The highest BCUT2D eigenvalue weighted by Crippen LogP contribution is 2.53. The molecule has 9 rings (SSSR count). The Balaban J connectivity index is 0.719. The number of methoxy groups -OCH3 is 1. The smallest absolute Gasteiger partial charge is 0.433 e. The molecular weight excluding hydrogens is 800 g/mol. The first-order valence-electron chi connectivity index (χ1n) is 20.4. The second-order valence-corrected chi connectivity index (χ2v) is 18.0. The van der Waals surface area contributed by atoms with E-state index in [2.05, 4.69) is 25.8 Å². The first-order valence-corrected chi connectivity index (χ1v) is 21.2. The minimum atomic E-state index is -4.66. The van der Waals surface area contributed by atoms with Crippen molar-refractivity contribution in [3.63, 3.8) is 0 Å². The van der Waals surface area contributed by atoms with Crippen LogP contribution in [-0.2, 0) is 15.8 Å². The number of likely N-dealkylation sites (tertiary alicyclic amines) is 1. The van der Waals surface area contributed by atoms with Crippen molar-refractivity contribution in [2.45, 2.75) is 75.9 Å². The number of nitrogens with zero attached hydrogens (tertiary/aromatic N) is 4. The molecule has 1 spiro atoms. The van der Waals surface area contributed by atoms with E-state index in [1.807, 2.05) is 0 Å². The molecule has 2 aromatic carbocycles. The Kier molecular flexibility index (Phi) is 10.4. The third kappa shape index (κ3) is 7.61. The number of alkyl halides is 3. The molecule has 4 fully saturated rings. The summed E-state index contributed by atoms with van der Waals surface area (Å²) in [4.78, 5) is 75.6. The Bertz CT molecular complexity index is 2400. The number of hydrogen-bond acceptors (Lipinski definition) is 11. The summed E-state index contributed by atoms with van der Waals surface area (Å²) < 4.78 is 45.9. The molecule has 4 aromatic rings. The SMILES string of the molecule is COc1cc2nc(C3CCC(CN4CC5(CC(CCNc6cccc7c6C(=O)N(C6CCC(=O)NC6=O)C7=O)C5)C4)CC3)sc2cc1NC(=O)c1cccc(C(F)(F)F)n1. The van der Waals surface area contributed by atoms with Crippen LogP contribution in [0.2, 0.25) is 0 Å². The molecule has 3 aliphatic heterocycles. The zero-order valence-electron chi connectivity index (χ0n) is 32.9. The Morgan fingerprint density at radius 1 is 0.950 bits per heavy atom. The number of imide groups is 2. The molecule has 2 aromatic heterocycles. The molecule has 1 unspecified atom stereocenters. The summed E-state index contributed by atoms with van der Waals surface area (Å²) in [6.45, 7) is 4.02. The number of halogens is 3. The lowest BCUT2D eigenvalue weighted by atomic mass is 9.57. The van der Waals surface area contributed by atoms with Gasteiger partial charge >= 0.3 is 6.18 Å². The maximum Gasteiger partial charge on any atom is 0.433 e. The van der Waals surface area contributed by atoms with Gasteiger partial charge in [0.15, 0.2) is 0 Å². The molecule has 2 saturated heterocycles. The average molecular weight is 844 g/mol. The fourth-order valence-corrected chi connectivity index (χ4v) is 11.2. The normalized spacial score (nSPS) is 23.0. The molecule has 5 heterocycles. The first-order chi connectivity index (χ1) is 28.8. The molecule has 2 aliphatic carbocycles. The van der Waals surface area contributed by atoms with Gasteiger partial charge in [0.05, 0.1) is 39.1 Å². The van der Waals surface area contributed by atoms with Crippen molar-refractivity contribution in [2.75, 3.05) is 43.9 Å². The van der Waals surface area contributed by atoms with Gasteiger partial charge in [0.25, 0.3) is 17.7 Å². The maximum absolute atomic E-state index is 13.4. The number of hydrogen-bond donors (Lipinski definition) is 3. The van der Waals surface area contributed by atoms with E-state index in [0.717, 1.165) is 84.0 Å². The summed E-state index contributed by atoms with van der Waals surface area (Å²) in [5, 5.41) is 9.33. The van der Waals surface area contributed by atoms with Crippen molar-refractivity contribution < 1.29 is 41.9 Å². The molecule has 5 aliphatic rings. The molecule has 0 bridgehead atoms. The summed E-state index contributed by atoms with van der Waals surface area (Å²) in [5.74, 6) is -0.880. The van der Waals surface area contributed by atoms with E-state index in [9.17, 15) is 37.1 Å². The second-order valence-electron chi connectivity index (χ2n) is 17.0. The third-order valence-electron chi connectivity index (χ3n) is 12.9. The van der Waals surface area contributed by atoms with Gasteiger partial charge in [-0.25, -0.2) is 9.97 Å². The van der Waals surface area contributed by atoms with Crippen molar-refractivity contribution in [2.24, 2.45) is 17.3 Å². The lowest BCUT2D eigenvalue weighted by Gasteiger charge is -2.60. The number of fused-ring (bicyclic) bond motifs is 2. The van der Waals surface area contributed by atoms with Crippen LogP contribution in [0.1, 0.15) is 106 Å². The highest BCUT2D eigenvalue weighted by atomic mass is 32.1. The number of rotatable bonds is 11. The van der Waals surface area contributed by atoms with Crippen molar-refractivity contribution in [3.05, 3.63) is 76.1 Å². The van der Waals surface area contributed by atoms with Crippen LogP contribution in [0.3, 0.4) is 0 Å². The molecule has 5 amide bonds. The molecule has 60 heavy (non-hydrogen) atoms. The molecular formula is C43H44F3N7O6S. The van der Waals surface area contributed by atoms with Crippen LogP contribution >= 0.6 is 11.3 Å². The maximum atomic E-state index is 13.4. The minimum Gasteiger partial charge on any atom is -0.494 e. The number of aromatic nitrogens is 2. The number of nitrogens with one attached hydrogen (secondary N) is 3. The number of piperidine rings is 1. The fourth-order valence-electron chi connectivity index (χ4n) is 10.0. The van der Waals surface area contributed by atoms with Gasteiger partial charge in [-0.2, -0.15) is 13.2 Å². The van der Waals surface area contributed by atoms with Crippen LogP contribution in [0.5, 0.6) is 5.75 Å². The van der Waals surface area contributed by atoms with Gasteiger partial charge in [-0.3, -0.25) is 34.2 Å². The van der Waals surface area contributed by atoms with Crippen LogP contribution < -0.4 is 20.7 Å². The van der Waals surface area contributed by atoms with E-state index in [-0.39, 0.29) is 29.7 Å². The summed E-state index contributed by atoms with van der Waals surface area (Å²) in [5.41, 5.74) is 1.15. The van der Waals surface area contributed by atoms with Gasteiger partial charge in [0, 0.05) is 50.3 Å². The lowest BCUT2D eigenvalue weighted by molar-refractivity contribution is -0.141. The van der Waals surface area contributed by atoms with Crippen molar-refractivity contribution >= 4 is 62.5 Å². The van der Waals surface area contributed by atoms with Crippen LogP contribution in [0.4, 0.5) is 24.5 Å². The van der Waals surface area contributed by atoms with Crippen molar-refractivity contribution in [1.82, 2.24) is 25.1 Å². The molecule has 1 atom stereocenters. The Hall–Kier alpha value is -5.42. The van der Waals surface area contributed by atoms with E-state index in [1.165, 1.54) is 26.0 Å². The number of anilines is 2. The number of thiazole rings is 1. The standard InChI is InChI=1S/C43H44F3N7O6S/c1-59-32-16-30-33(17-29(32)49-37(55)28-6-3-7-34(48-28)43(44,45)46)60-39(50-30)25-10-8-23(9-11-25)20-52-21-42(22-52)18-24(19-42)14-15-47-27-5-2-4-26-36(27)41(58)53(40(26)57)31-12-13-35(54)51-38(31)56/h2-7,16-17,23-25,31,47H,8-15,18-22H2,1H3,(H,49,55)(H,51,54,56). The quantitative estimate of drug-likeness (QED) is 0.136. The van der Waals surface area contributed by atoms with E-state index >= 15 is 0 Å². The van der Waals surface area contributed by atoms with Gasteiger partial charge in [-0.15, -0.1) is 11.3 Å². The van der Waals surface area contributed by atoms with Gasteiger partial charge < -0.3 is 20.3 Å². The third-order valence-corrected chi connectivity index (χ3v) is 14.0. The number of benzene rings is 2. The first kappa shape index (κ1) is 40.0. The number of amides is 5. The molecule has 0 radical (unpaired) electrons. The zero-order valence-corrected chi connectivity index (χ0v) is 33.7. The second kappa shape index (κ2) is 15.6. The van der Waals surface area contributed by atoms with E-state index in [4.69, 9.17) is 9.72 Å². The average Bonchev–Trinajstić information content (AvgIpc) is 3.73. The van der Waals surface area contributed by atoms with Crippen molar-refractivity contribution in [3.8, 4) is 5.75 Å². The summed E-state index contributed by atoms with van der Waals surface area (Å²) >= 11 is 1.57. The Morgan fingerprint density at radius 2 is 1.72 bits per heavy atom. The minimum absolute atomic E-state index is 0.0795. The lowest BCUT2D eigenvalue weighted by Crippen LogP contribution is -2.63. The van der Waals surface area contributed by atoms with Gasteiger partial charge in [-0.05, 0) is 98.9 Å². The number of carbonyl (C=O) groups excluding carboxylic acids is 5. The molecule has 3 N–H and O–H groups in total. The van der Waals surface area contributed by atoms with Gasteiger partial charge in [0.1, 0.15) is 23.2 Å². The fraction of sp³-hybridized carbons (Fsp3) is 0.465. The van der Waals surface area contributed by atoms with Crippen molar-refractivity contribution in [1.29, 1.82) is 0 Å². The summed E-state index contributed by atoms with van der Waals surface area (Å²) in [6.07, 6.45) is 3.18. The summed E-state index contributed by atoms with van der Waals surface area (Å²) in [7, 11) is 1.46. The largest absolute Gasteiger partial charge is 0.494 e. The molecule has 17 heteroatoms. The van der Waals surface area contributed by atoms with Gasteiger partial charge in [-0.1, -0.05) is 12.1 Å².